The van der Waals surface area contributed by atoms with E-state index < -0.39 is 0 Å². The molecule has 1 fully saturated rings. The molecule has 25 heavy (non-hydrogen) atoms. The number of fused-ring (bicyclic) bond motifs is 1. The second-order valence-electron chi connectivity index (χ2n) is 6.42. The van der Waals surface area contributed by atoms with Gasteiger partial charge in [-0.05, 0) is 38.0 Å². The number of aromatic amines is 1. The Hall–Kier alpha value is -2.83. The molecule has 0 radical (unpaired) electrons. The average molecular weight is 339 g/mol. The number of nitrogens with one attached hydrogen (secondary N) is 1. The summed E-state index contributed by atoms with van der Waals surface area (Å²) < 4.78 is 7.28. The van der Waals surface area contributed by atoms with Gasteiger partial charge in [0.25, 0.3) is 5.91 Å². The van der Waals surface area contributed by atoms with E-state index in [0.29, 0.717) is 5.56 Å². The number of benzene rings is 1. The fraction of sp³-hybridized carbons (Fsp3) is 0.389. The van der Waals surface area contributed by atoms with Gasteiger partial charge in [0.1, 0.15) is 0 Å². The molecule has 7 heteroatoms. The Morgan fingerprint density at radius 2 is 2.24 bits per heavy atom. The third kappa shape index (κ3) is 2.47. The summed E-state index contributed by atoms with van der Waals surface area (Å²) in [4.78, 5) is 22.3. The second-order valence-corrected chi connectivity index (χ2v) is 6.42. The smallest absolute Gasteiger partial charge is 0.254 e. The third-order valence-corrected chi connectivity index (χ3v) is 4.92. The van der Waals surface area contributed by atoms with Gasteiger partial charge in [0, 0.05) is 19.2 Å². The van der Waals surface area contributed by atoms with Crippen LogP contribution in [0.15, 0.2) is 24.5 Å². The number of likely N-dealkylation sites (tertiary alicyclic amines) is 1. The molecule has 130 valence electrons. The molecule has 0 spiro atoms. The van der Waals surface area contributed by atoms with E-state index in [-0.39, 0.29) is 11.9 Å². The van der Waals surface area contributed by atoms with Crippen molar-refractivity contribution < 1.29 is 9.53 Å². The second kappa shape index (κ2) is 5.91. The maximum Gasteiger partial charge on any atom is 0.254 e. The lowest BCUT2D eigenvalue weighted by Gasteiger charge is -2.25. The third-order valence-electron chi connectivity index (χ3n) is 4.92. The van der Waals surface area contributed by atoms with Gasteiger partial charge in [-0.15, -0.1) is 0 Å². The molecule has 1 N–H and O–H groups in total. The van der Waals surface area contributed by atoms with E-state index in [1.54, 1.807) is 18.1 Å². The van der Waals surface area contributed by atoms with Crippen molar-refractivity contribution >= 4 is 16.9 Å². The quantitative estimate of drug-likeness (QED) is 0.796. The zero-order valence-electron chi connectivity index (χ0n) is 14.6. The number of hydrogen-bond donors (Lipinski definition) is 1. The number of hydrogen-bond acceptors (Lipinski definition) is 4. The molecule has 1 aliphatic heterocycles. The van der Waals surface area contributed by atoms with E-state index in [2.05, 4.69) is 15.1 Å². The van der Waals surface area contributed by atoms with Gasteiger partial charge in [0.2, 0.25) is 5.88 Å². The van der Waals surface area contributed by atoms with E-state index >= 15 is 0 Å². The van der Waals surface area contributed by atoms with E-state index in [1.807, 2.05) is 37.1 Å². The van der Waals surface area contributed by atoms with Crippen LogP contribution >= 0.6 is 0 Å². The summed E-state index contributed by atoms with van der Waals surface area (Å²) in [7, 11) is 3.51. The molecule has 1 amide bonds. The van der Waals surface area contributed by atoms with Crippen LogP contribution in [0.4, 0.5) is 0 Å². The molecule has 2 aromatic heterocycles. The molecular formula is C18H21N5O2. The molecule has 3 heterocycles. The van der Waals surface area contributed by atoms with E-state index in [4.69, 9.17) is 4.74 Å². The first-order chi connectivity index (χ1) is 12.1. The van der Waals surface area contributed by atoms with Crippen LogP contribution < -0.4 is 4.74 Å². The van der Waals surface area contributed by atoms with E-state index in [0.717, 1.165) is 47.6 Å². The number of carbonyl (C=O) groups excluding carboxylic acids is 1. The molecule has 0 unspecified atom stereocenters. The highest BCUT2D eigenvalue weighted by molar-refractivity contribution is 5.97. The van der Waals surface area contributed by atoms with Crippen LogP contribution in [0.1, 0.15) is 40.5 Å². The van der Waals surface area contributed by atoms with Gasteiger partial charge in [0.05, 0.1) is 41.8 Å². The SMILES string of the molecule is COc1c([C@H]2CCCN2C(=O)c2ccc3nc[nH]c3c2)c(C)nn1C. The van der Waals surface area contributed by atoms with Crippen molar-refractivity contribution in [3.8, 4) is 5.88 Å². The highest BCUT2D eigenvalue weighted by atomic mass is 16.5. The van der Waals surface area contributed by atoms with Crippen LogP contribution in [0.25, 0.3) is 11.0 Å². The van der Waals surface area contributed by atoms with Crippen molar-refractivity contribution in [3.63, 3.8) is 0 Å². The molecule has 4 rings (SSSR count). The standard InChI is InChI=1S/C18H21N5O2/c1-11-16(18(25-3)22(2)21-11)15-5-4-8-23(15)17(24)12-6-7-13-14(9-12)20-10-19-13/h6-7,9-10,15H,4-5,8H2,1-3H3,(H,19,20)/t15-/m1/s1. The van der Waals surface area contributed by atoms with Gasteiger partial charge in [0.15, 0.2) is 0 Å². The number of methoxy groups -OCH3 is 1. The van der Waals surface area contributed by atoms with Crippen LogP contribution in [-0.2, 0) is 7.05 Å². The van der Waals surface area contributed by atoms with Crippen molar-refractivity contribution in [2.75, 3.05) is 13.7 Å². The molecule has 7 nitrogen and oxygen atoms in total. The summed E-state index contributed by atoms with van der Waals surface area (Å²) in [6, 6.07) is 5.58. The molecule has 0 saturated carbocycles. The minimum atomic E-state index is -0.00591. The number of aromatic nitrogens is 4. The van der Waals surface area contributed by atoms with Crippen molar-refractivity contribution in [2.24, 2.45) is 7.05 Å². The largest absolute Gasteiger partial charge is 0.481 e. The fourth-order valence-corrected chi connectivity index (χ4v) is 3.82. The molecular weight excluding hydrogens is 318 g/mol. The predicted molar refractivity (Wildman–Crippen MR) is 93.6 cm³/mol. The molecule has 0 bridgehead atoms. The summed E-state index contributed by atoms with van der Waals surface area (Å²) in [5, 5.41) is 4.47. The molecule has 1 aromatic carbocycles. The van der Waals surface area contributed by atoms with Crippen LogP contribution in [-0.4, -0.2) is 44.2 Å². The average Bonchev–Trinajstić information content (AvgIpc) is 3.31. The van der Waals surface area contributed by atoms with E-state index in [9.17, 15) is 4.79 Å². The molecule has 1 aliphatic rings. The Morgan fingerprint density at radius 1 is 1.40 bits per heavy atom. The van der Waals surface area contributed by atoms with Crippen LogP contribution in [0.3, 0.4) is 0 Å². The van der Waals surface area contributed by atoms with E-state index in [1.165, 1.54) is 0 Å². The minimum absolute atomic E-state index is 0.00591. The number of rotatable bonds is 3. The summed E-state index contributed by atoms with van der Waals surface area (Å²) >= 11 is 0. The Morgan fingerprint density at radius 3 is 3.04 bits per heavy atom. The first-order valence-corrected chi connectivity index (χ1v) is 8.41. The van der Waals surface area contributed by atoms with Gasteiger partial charge in [-0.2, -0.15) is 5.10 Å². The van der Waals surface area contributed by atoms with Crippen molar-refractivity contribution in [3.05, 3.63) is 41.3 Å². The van der Waals surface area contributed by atoms with Crippen molar-refractivity contribution in [2.45, 2.75) is 25.8 Å². The van der Waals surface area contributed by atoms with Gasteiger partial charge in [-0.1, -0.05) is 0 Å². The predicted octanol–water partition coefficient (Wildman–Crippen LogP) is 2.59. The fourth-order valence-electron chi connectivity index (χ4n) is 3.82. The Balaban J connectivity index is 1.70. The first kappa shape index (κ1) is 15.7. The summed E-state index contributed by atoms with van der Waals surface area (Å²) in [6.07, 6.45) is 3.53. The monoisotopic (exact) mass is 339 g/mol. The first-order valence-electron chi connectivity index (χ1n) is 8.41. The normalized spacial score (nSPS) is 17.4. The Kier molecular flexibility index (Phi) is 3.71. The minimum Gasteiger partial charge on any atom is -0.481 e. The lowest BCUT2D eigenvalue weighted by molar-refractivity contribution is 0.0734. The molecule has 1 atom stereocenters. The number of ether oxygens (including phenoxy) is 1. The Labute approximate surface area is 145 Å². The van der Waals surface area contributed by atoms with Crippen LogP contribution in [0.2, 0.25) is 0 Å². The lowest BCUT2D eigenvalue weighted by Crippen LogP contribution is -2.31. The maximum atomic E-state index is 13.1. The maximum absolute atomic E-state index is 13.1. The number of carbonyl (C=O) groups is 1. The number of aryl methyl sites for hydroxylation is 2. The summed E-state index contributed by atoms with van der Waals surface area (Å²) in [6.45, 7) is 2.71. The lowest BCUT2D eigenvalue weighted by atomic mass is 10.0. The highest BCUT2D eigenvalue weighted by Gasteiger charge is 2.35. The molecule has 0 aliphatic carbocycles. The molecule has 1 saturated heterocycles. The zero-order chi connectivity index (χ0) is 17.6. The number of imidazole rings is 1. The van der Waals surface area contributed by atoms with Crippen LogP contribution in [0.5, 0.6) is 5.88 Å². The number of H-pyrrole nitrogens is 1. The van der Waals surface area contributed by atoms with Gasteiger partial charge >= 0.3 is 0 Å². The van der Waals surface area contributed by atoms with Gasteiger partial charge in [-0.3, -0.25) is 4.79 Å². The van der Waals surface area contributed by atoms with Gasteiger partial charge in [-0.25, -0.2) is 9.67 Å². The van der Waals surface area contributed by atoms with Crippen molar-refractivity contribution in [1.29, 1.82) is 0 Å². The van der Waals surface area contributed by atoms with Crippen molar-refractivity contribution in [1.82, 2.24) is 24.6 Å². The van der Waals surface area contributed by atoms with Crippen LogP contribution in [0, 0.1) is 6.92 Å². The molecule has 3 aromatic rings. The number of nitrogens with zero attached hydrogens (tertiary/aromatic N) is 4. The topological polar surface area (TPSA) is 76.0 Å². The summed E-state index contributed by atoms with van der Waals surface area (Å²) in [5.41, 5.74) is 4.33. The number of amides is 1. The summed E-state index contributed by atoms with van der Waals surface area (Å²) in [5.74, 6) is 0.760. The van der Waals surface area contributed by atoms with Gasteiger partial charge < -0.3 is 14.6 Å². The highest BCUT2D eigenvalue weighted by Crippen LogP contribution is 2.39. The zero-order valence-corrected chi connectivity index (χ0v) is 14.6. The Bertz CT molecular complexity index is 942.